The Kier molecular flexibility index (Phi) is 2.59. The third kappa shape index (κ3) is 2.05. The molecule has 17 heavy (non-hydrogen) atoms. The normalized spacial score (nSPS) is 14.4. The number of anilines is 2. The minimum absolute atomic E-state index is 0.835. The first-order valence-corrected chi connectivity index (χ1v) is 6.22. The van der Waals surface area contributed by atoms with Crippen LogP contribution in [0.2, 0.25) is 0 Å². The molecular formula is C14H17N3. The smallest absolute Gasteiger partial charge is 0.204 e. The predicted molar refractivity (Wildman–Crippen MR) is 69.7 cm³/mol. The molecule has 0 unspecified atom stereocenters. The van der Waals surface area contributed by atoms with Crippen molar-refractivity contribution in [2.75, 3.05) is 5.32 Å². The molecule has 0 atom stereocenters. The lowest BCUT2D eigenvalue weighted by Gasteiger charge is -2.19. The Balaban J connectivity index is 1.92. The summed E-state index contributed by atoms with van der Waals surface area (Å²) in [4.78, 5) is 7.50. The van der Waals surface area contributed by atoms with E-state index in [-0.39, 0.29) is 0 Å². The van der Waals surface area contributed by atoms with Gasteiger partial charge in [-0.3, -0.25) is 0 Å². The molecule has 0 radical (unpaired) electrons. The highest BCUT2D eigenvalue weighted by Crippen LogP contribution is 2.29. The highest BCUT2D eigenvalue weighted by Gasteiger charge is 2.13. The van der Waals surface area contributed by atoms with E-state index in [2.05, 4.69) is 33.5 Å². The van der Waals surface area contributed by atoms with Gasteiger partial charge in [-0.05, 0) is 49.8 Å². The van der Waals surface area contributed by atoms with Gasteiger partial charge in [0.1, 0.15) is 0 Å². The average Bonchev–Trinajstić information content (AvgIpc) is 2.75. The van der Waals surface area contributed by atoms with Gasteiger partial charge in [-0.25, -0.2) is 4.98 Å². The molecule has 0 fully saturated rings. The summed E-state index contributed by atoms with van der Waals surface area (Å²) in [6.45, 7) is 2.01. The number of hydrogen-bond donors (Lipinski definition) is 2. The number of aryl methyl sites for hydroxylation is 2. The number of nitrogens with one attached hydrogen (secondary N) is 2. The van der Waals surface area contributed by atoms with Crippen molar-refractivity contribution in [1.29, 1.82) is 0 Å². The predicted octanol–water partition coefficient (Wildman–Crippen LogP) is 3.34. The Morgan fingerprint density at radius 1 is 1.24 bits per heavy atom. The minimum Gasteiger partial charge on any atom is -0.328 e. The van der Waals surface area contributed by atoms with Crippen LogP contribution in [-0.4, -0.2) is 9.97 Å². The van der Waals surface area contributed by atoms with E-state index < -0.39 is 0 Å². The Labute approximate surface area is 101 Å². The van der Waals surface area contributed by atoms with Crippen LogP contribution >= 0.6 is 0 Å². The van der Waals surface area contributed by atoms with Crippen LogP contribution in [0.5, 0.6) is 0 Å². The van der Waals surface area contributed by atoms with Crippen LogP contribution in [0, 0.1) is 6.92 Å². The van der Waals surface area contributed by atoms with Crippen molar-refractivity contribution in [3.63, 3.8) is 0 Å². The second-order valence-corrected chi connectivity index (χ2v) is 4.69. The SMILES string of the molecule is Cc1cnc(Nc2cccc3c2CCCC3)[nH]1. The summed E-state index contributed by atoms with van der Waals surface area (Å²) in [6.07, 6.45) is 6.84. The summed E-state index contributed by atoms with van der Waals surface area (Å²) >= 11 is 0. The highest BCUT2D eigenvalue weighted by molar-refractivity contribution is 5.61. The summed E-state index contributed by atoms with van der Waals surface area (Å²) in [6, 6.07) is 6.51. The van der Waals surface area contributed by atoms with Crippen LogP contribution in [-0.2, 0) is 12.8 Å². The largest absolute Gasteiger partial charge is 0.328 e. The maximum atomic E-state index is 4.29. The van der Waals surface area contributed by atoms with Gasteiger partial charge in [-0.15, -0.1) is 0 Å². The van der Waals surface area contributed by atoms with Crippen LogP contribution in [0.1, 0.15) is 29.7 Å². The number of benzene rings is 1. The summed E-state index contributed by atoms with van der Waals surface area (Å²) in [5.74, 6) is 0.835. The van der Waals surface area contributed by atoms with E-state index in [0.29, 0.717) is 0 Å². The third-order valence-electron chi connectivity index (χ3n) is 3.35. The lowest BCUT2D eigenvalue weighted by molar-refractivity contribution is 0.687. The zero-order valence-electron chi connectivity index (χ0n) is 10.1. The van der Waals surface area contributed by atoms with Gasteiger partial charge >= 0.3 is 0 Å². The summed E-state index contributed by atoms with van der Waals surface area (Å²) in [5, 5.41) is 3.39. The van der Waals surface area contributed by atoms with Crippen LogP contribution in [0.4, 0.5) is 11.6 Å². The molecule has 0 amide bonds. The number of imidazole rings is 1. The molecule has 0 saturated carbocycles. The molecule has 1 aromatic heterocycles. The quantitative estimate of drug-likeness (QED) is 0.826. The molecule has 3 nitrogen and oxygen atoms in total. The van der Waals surface area contributed by atoms with Gasteiger partial charge < -0.3 is 10.3 Å². The van der Waals surface area contributed by atoms with E-state index in [4.69, 9.17) is 0 Å². The molecule has 0 spiro atoms. The Morgan fingerprint density at radius 3 is 2.94 bits per heavy atom. The summed E-state index contributed by atoms with van der Waals surface area (Å²) in [5.41, 5.74) is 5.24. The Bertz CT molecular complexity index is 528. The Hall–Kier alpha value is -1.77. The van der Waals surface area contributed by atoms with Crippen molar-refractivity contribution in [3.8, 4) is 0 Å². The van der Waals surface area contributed by atoms with Crippen LogP contribution in [0.3, 0.4) is 0 Å². The van der Waals surface area contributed by atoms with Gasteiger partial charge in [0.25, 0.3) is 0 Å². The number of rotatable bonds is 2. The van der Waals surface area contributed by atoms with E-state index in [1.54, 1.807) is 0 Å². The van der Waals surface area contributed by atoms with Crippen molar-refractivity contribution < 1.29 is 0 Å². The lowest BCUT2D eigenvalue weighted by atomic mass is 9.90. The molecule has 3 heteroatoms. The average molecular weight is 227 g/mol. The van der Waals surface area contributed by atoms with Gasteiger partial charge in [0.15, 0.2) is 0 Å². The first kappa shape index (κ1) is 10.4. The molecule has 1 aliphatic rings. The molecule has 0 bridgehead atoms. The maximum Gasteiger partial charge on any atom is 0.204 e. The molecule has 2 aromatic rings. The van der Waals surface area contributed by atoms with Crippen molar-refractivity contribution >= 4 is 11.6 Å². The third-order valence-corrected chi connectivity index (χ3v) is 3.35. The molecule has 2 N–H and O–H groups in total. The number of nitrogens with zero attached hydrogens (tertiary/aromatic N) is 1. The van der Waals surface area contributed by atoms with Crippen LogP contribution in [0.25, 0.3) is 0 Å². The first-order chi connectivity index (χ1) is 8.33. The highest BCUT2D eigenvalue weighted by atomic mass is 15.1. The van der Waals surface area contributed by atoms with E-state index >= 15 is 0 Å². The molecule has 0 saturated heterocycles. The molecule has 0 aliphatic heterocycles. The van der Waals surface area contributed by atoms with Crippen molar-refractivity contribution in [1.82, 2.24) is 9.97 Å². The fourth-order valence-corrected chi connectivity index (χ4v) is 2.50. The van der Waals surface area contributed by atoms with Crippen molar-refractivity contribution in [2.24, 2.45) is 0 Å². The zero-order chi connectivity index (χ0) is 11.7. The number of aromatic nitrogens is 2. The Morgan fingerprint density at radius 2 is 2.12 bits per heavy atom. The molecule has 1 aromatic carbocycles. The molecule has 1 aliphatic carbocycles. The fourth-order valence-electron chi connectivity index (χ4n) is 2.50. The van der Waals surface area contributed by atoms with Crippen molar-refractivity contribution in [3.05, 3.63) is 41.2 Å². The van der Waals surface area contributed by atoms with Gasteiger partial charge in [-0.1, -0.05) is 12.1 Å². The number of hydrogen-bond acceptors (Lipinski definition) is 2. The van der Waals surface area contributed by atoms with Gasteiger partial charge in [0.05, 0.1) is 0 Å². The van der Waals surface area contributed by atoms with Gasteiger partial charge in [0, 0.05) is 17.6 Å². The molecular weight excluding hydrogens is 210 g/mol. The maximum absolute atomic E-state index is 4.29. The lowest BCUT2D eigenvalue weighted by Crippen LogP contribution is -2.06. The van der Waals surface area contributed by atoms with Crippen LogP contribution in [0.15, 0.2) is 24.4 Å². The minimum atomic E-state index is 0.835. The fraction of sp³-hybridized carbons (Fsp3) is 0.357. The van der Waals surface area contributed by atoms with E-state index in [1.807, 2.05) is 13.1 Å². The topological polar surface area (TPSA) is 40.7 Å². The van der Waals surface area contributed by atoms with Crippen LogP contribution < -0.4 is 5.32 Å². The van der Waals surface area contributed by atoms with E-state index in [9.17, 15) is 0 Å². The molecule has 1 heterocycles. The molecule has 3 rings (SSSR count). The van der Waals surface area contributed by atoms with Gasteiger partial charge in [-0.2, -0.15) is 0 Å². The van der Waals surface area contributed by atoms with Gasteiger partial charge in [0.2, 0.25) is 5.95 Å². The number of H-pyrrole nitrogens is 1. The summed E-state index contributed by atoms with van der Waals surface area (Å²) in [7, 11) is 0. The monoisotopic (exact) mass is 227 g/mol. The van der Waals surface area contributed by atoms with E-state index in [1.165, 1.54) is 42.5 Å². The first-order valence-electron chi connectivity index (χ1n) is 6.22. The zero-order valence-corrected chi connectivity index (χ0v) is 10.1. The van der Waals surface area contributed by atoms with Crippen molar-refractivity contribution in [2.45, 2.75) is 32.6 Å². The standard InChI is InChI=1S/C14H17N3/c1-10-9-15-14(16-10)17-13-8-4-6-11-5-2-3-7-12(11)13/h4,6,8-9H,2-3,5,7H2,1H3,(H2,15,16,17). The number of fused-ring (bicyclic) bond motifs is 1. The molecule has 88 valence electrons. The van der Waals surface area contributed by atoms with E-state index in [0.717, 1.165) is 11.6 Å². The summed E-state index contributed by atoms with van der Waals surface area (Å²) < 4.78 is 0. The second-order valence-electron chi connectivity index (χ2n) is 4.69. The number of aromatic amines is 1. The second kappa shape index (κ2) is 4.24.